The third-order valence-corrected chi connectivity index (χ3v) is 5.72. The number of ether oxygens (including phenoxy) is 1. The van der Waals surface area contributed by atoms with Crippen molar-refractivity contribution in [2.24, 2.45) is 0 Å². The van der Waals surface area contributed by atoms with Gasteiger partial charge in [0.15, 0.2) is 0 Å². The zero-order valence-corrected chi connectivity index (χ0v) is 19.8. The van der Waals surface area contributed by atoms with Gasteiger partial charge in [0.25, 0.3) is 0 Å². The van der Waals surface area contributed by atoms with Crippen LogP contribution in [0, 0.1) is 12.7 Å². The van der Waals surface area contributed by atoms with Crippen LogP contribution < -0.4 is 10.2 Å². The number of halogens is 2. The van der Waals surface area contributed by atoms with Crippen LogP contribution in [-0.2, 0) is 17.6 Å². The molecule has 1 aromatic carbocycles. The summed E-state index contributed by atoms with van der Waals surface area (Å²) in [4.78, 5) is 23.0. The van der Waals surface area contributed by atoms with Crippen molar-refractivity contribution in [1.29, 1.82) is 0 Å². The van der Waals surface area contributed by atoms with Crippen LogP contribution in [0.5, 0.6) is 0 Å². The first-order valence-electron chi connectivity index (χ1n) is 10.8. The highest BCUT2D eigenvalue weighted by Gasteiger charge is 2.31. The Morgan fingerprint density at radius 2 is 2.00 bits per heavy atom. The van der Waals surface area contributed by atoms with Gasteiger partial charge in [0.1, 0.15) is 17.2 Å². The molecule has 3 aromatic rings. The Morgan fingerprint density at radius 3 is 2.73 bits per heavy atom. The molecule has 1 N–H and O–H groups in total. The zero-order valence-electron chi connectivity index (χ0n) is 19.1. The highest BCUT2D eigenvalue weighted by molar-refractivity contribution is 6.30. The first-order chi connectivity index (χ1) is 15.6. The van der Waals surface area contributed by atoms with Crippen LogP contribution in [0.4, 0.5) is 26.4 Å². The summed E-state index contributed by atoms with van der Waals surface area (Å²) in [6.45, 7) is 8.04. The van der Waals surface area contributed by atoms with Crippen molar-refractivity contribution >= 4 is 34.9 Å². The minimum Gasteiger partial charge on any atom is -0.443 e. The molecule has 6 nitrogen and oxygen atoms in total. The number of amides is 1. The Hall–Kier alpha value is -3.19. The summed E-state index contributed by atoms with van der Waals surface area (Å²) in [6, 6.07) is 6.48. The zero-order chi connectivity index (χ0) is 23.8. The first-order valence-corrected chi connectivity index (χ1v) is 11.1. The minimum absolute atomic E-state index is 0.333. The number of nitrogens with one attached hydrogen (secondary N) is 1. The fraction of sp³-hybridized carbons (Fsp3) is 0.320. The molecule has 1 amide bonds. The van der Waals surface area contributed by atoms with Crippen LogP contribution in [-0.4, -0.2) is 28.2 Å². The third kappa shape index (κ3) is 5.09. The average Bonchev–Trinajstić information content (AvgIpc) is 3.17. The molecule has 0 aliphatic carbocycles. The molecule has 1 aliphatic heterocycles. The van der Waals surface area contributed by atoms with Crippen molar-refractivity contribution in [3.8, 4) is 0 Å². The second-order valence-electron chi connectivity index (χ2n) is 9.05. The second-order valence-corrected chi connectivity index (χ2v) is 9.49. The van der Waals surface area contributed by atoms with E-state index in [-0.39, 0.29) is 6.09 Å². The smallest absolute Gasteiger partial charge is 0.416 e. The second kappa shape index (κ2) is 8.98. The van der Waals surface area contributed by atoms with E-state index in [1.165, 1.54) is 6.07 Å². The Labute approximate surface area is 197 Å². The Balaban J connectivity index is 1.58. The molecule has 0 atom stereocenters. The number of benzene rings is 1. The highest BCUT2D eigenvalue weighted by Crippen LogP contribution is 2.32. The van der Waals surface area contributed by atoms with Crippen LogP contribution >= 0.6 is 11.6 Å². The van der Waals surface area contributed by atoms with E-state index in [0.29, 0.717) is 35.9 Å². The highest BCUT2D eigenvalue weighted by atomic mass is 35.5. The summed E-state index contributed by atoms with van der Waals surface area (Å²) in [5.74, 6) is 0.214. The lowest BCUT2D eigenvalue weighted by atomic mass is 9.98. The summed E-state index contributed by atoms with van der Waals surface area (Å²) in [6.07, 6.45) is 6.13. The van der Waals surface area contributed by atoms with Gasteiger partial charge in [0.05, 0.1) is 17.6 Å². The average molecular weight is 469 g/mol. The van der Waals surface area contributed by atoms with Gasteiger partial charge in [-0.3, -0.25) is 9.88 Å². The minimum atomic E-state index is -0.572. The Kier molecular flexibility index (Phi) is 6.26. The number of hydrogen-bond donors (Lipinski definition) is 1. The molecule has 2 aromatic heterocycles. The fourth-order valence-electron chi connectivity index (χ4n) is 3.83. The standard InChI is InChI=1S/C25H26ClFN4O2/c1-15-17(13-28-14-22(15)30-21-6-5-18(26)12-20(21)27)11-16-7-9-29-23-19(16)8-10-31(23)24(32)33-25(2,3)4/h5-7,9,12-14,30H,8,10-11H2,1-4H3. The van der Waals surface area contributed by atoms with E-state index < -0.39 is 11.4 Å². The van der Waals surface area contributed by atoms with Crippen molar-refractivity contribution < 1.29 is 13.9 Å². The quantitative estimate of drug-likeness (QED) is 0.493. The van der Waals surface area contributed by atoms with Gasteiger partial charge in [-0.15, -0.1) is 0 Å². The molecule has 0 saturated carbocycles. The van der Waals surface area contributed by atoms with Crippen molar-refractivity contribution in [1.82, 2.24) is 9.97 Å². The molecule has 0 saturated heterocycles. The number of carbonyl (C=O) groups is 1. The molecule has 33 heavy (non-hydrogen) atoms. The van der Waals surface area contributed by atoms with E-state index in [1.54, 1.807) is 29.4 Å². The van der Waals surface area contributed by atoms with Gasteiger partial charge in [-0.25, -0.2) is 14.2 Å². The van der Waals surface area contributed by atoms with Crippen molar-refractivity contribution in [2.75, 3.05) is 16.8 Å². The molecule has 4 rings (SSSR count). The largest absolute Gasteiger partial charge is 0.443 e. The SMILES string of the molecule is Cc1c(Cc2ccnc3c2CCN3C(=O)OC(C)(C)C)cncc1Nc1ccc(Cl)cc1F. The van der Waals surface area contributed by atoms with Crippen molar-refractivity contribution in [2.45, 2.75) is 46.1 Å². The molecule has 0 fully saturated rings. The van der Waals surface area contributed by atoms with Crippen molar-refractivity contribution in [3.63, 3.8) is 0 Å². The molecule has 0 unspecified atom stereocenters. The molecule has 0 radical (unpaired) electrons. The summed E-state index contributed by atoms with van der Waals surface area (Å²) >= 11 is 5.86. The van der Waals surface area contributed by atoms with Gasteiger partial charge in [0, 0.05) is 29.5 Å². The maximum absolute atomic E-state index is 14.3. The van der Waals surface area contributed by atoms with E-state index in [0.717, 1.165) is 27.9 Å². The number of carbonyl (C=O) groups excluding carboxylic acids is 1. The molecule has 8 heteroatoms. The molecule has 3 heterocycles. The normalized spacial score (nSPS) is 13.1. The molecule has 0 spiro atoms. The Bertz CT molecular complexity index is 1210. The van der Waals surface area contributed by atoms with Crippen LogP contribution in [0.15, 0.2) is 42.9 Å². The number of rotatable bonds is 4. The molecule has 0 bridgehead atoms. The van der Waals surface area contributed by atoms with Crippen LogP contribution in [0.25, 0.3) is 0 Å². The monoisotopic (exact) mass is 468 g/mol. The summed E-state index contributed by atoms with van der Waals surface area (Å²) < 4.78 is 19.8. The predicted molar refractivity (Wildman–Crippen MR) is 128 cm³/mol. The maximum Gasteiger partial charge on any atom is 0.416 e. The summed E-state index contributed by atoms with van der Waals surface area (Å²) in [5.41, 5.74) is 4.55. The Morgan fingerprint density at radius 1 is 1.21 bits per heavy atom. The van der Waals surface area contributed by atoms with Crippen LogP contribution in [0.3, 0.4) is 0 Å². The molecule has 1 aliphatic rings. The number of hydrogen-bond acceptors (Lipinski definition) is 5. The fourth-order valence-corrected chi connectivity index (χ4v) is 3.99. The lowest BCUT2D eigenvalue weighted by Crippen LogP contribution is -2.36. The van der Waals surface area contributed by atoms with Gasteiger partial charge in [-0.1, -0.05) is 11.6 Å². The van der Waals surface area contributed by atoms with E-state index in [9.17, 15) is 9.18 Å². The van der Waals surface area contributed by atoms with E-state index in [1.807, 2.05) is 40.0 Å². The van der Waals surface area contributed by atoms with E-state index in [2.05, 4.69) is 15.3 Å². The van der Waals surface area contributed by atoms with E-state index in [4.69, 9.17) is 16.3 Å². The first kappa shape index (κ1) is 23.0. The number of nitrogens with zero attached hydrogens (tertiary/aromatic N) is 3. The maximum atomic E-state index is 14.3. The lowest BCUT2D eigenvalue weighted by molar-refractivity contribution is 0.0583. The predicted octanol–water partition coefficient (Wildman–Crippen LogP) is 6.21. The number of anilines is 3. The summed E-state index contributed by atoms with van der Waals surface area (Å²) in [5, 5.41) is 3.45. The van der Waals surface area contributed by atoms with Gasteiger partial charge < -0.3 is 10.1 Å². The number of fused-ring (bicyclic) bond motifs is 1. The van der Waals surface area contributed by atoms with Gasteiger partial charge in [-0.05, 0) is 81.5 Å². The van der Waals surface area contributed by atoms with Crippen LogP contribution in [0.2, 0.25) is 5.02 Å². The van der Waals surface area contributed by atoms with Gasteiger partial charge in [-0.2, -0.15) is 0 Å². The lowest BCUT2D eigenvalue weighted by Gasteiger charge is -2.24. The van der Waals surface area contributed by atoms with E-state index >= 15 is 0 Å². The van der Waals surface area contributed by atoms with Gasteiger partial charge in [0.2, 0.25) is 0 Å². The van der Waals surface area contributed by atoms with Crippen LogP contribution in [0.1, 0.15) is 43.0 Å². The number of aromatic nitrogens is 2. The molecule has 172 valence electrons. The molecular formula is C25H26ClFN4O2. The third-order valence-electron chi connectivity index (χ3n) is 5.49. The van der Waals surface area contributed by atoms with Crippen molar-refractivity contribution in [3.05, 3.63) is 75.9 Å². The molecular weight excluding hydrogens is 443 g/mol. The topological polar surface area (TPSA) is 67.4 Å². The van der Waals surface area contributed by atoms with Gasteiger partial charge >= 0.3 is 6.09 Å². The summed E-state index contributed by atoms with van der Waals surface area (Å²) in [7, 11) is 0. The number of pyridine rings is 2.